The largest absolute Gasteiger partial charge is 0.497 e. The summed E-state index contributed by atoms with van der Waals surface area (Å²) in [7, 11) is 2.93. The van der Waals surface area contributed by atoms with Crippen molar-refractivity contribution in [3.8, 4) is 23.0 Å². The van der Waals surface area contributed by atoms with Crippen LogP contribution in [0.25, 0.3) is 0 Å². The fraction of sp³-hybridized carbons (Fsp3) is 0.552. The number of Topliss-reactive ketones (excluding diaryl/α,β-unsaturated/α-hetero) is 1. The van der Waals surface area contributed by atoms with Gasteiger partial charge < -0.3 is 63.8 Å². The van der Waals surface area contributed by atoms with Crippen molar-refractivity contribution in [1.29, 1.82) is 0 Å². The first kappa shape index (κ1) is 31.4. The van der Waals surface area contributed by atoms with Gasteiger partial charge in [-0.2, -0.15) is 0 Å². The Labute approximate surface area is 246 Å². The molecule has 0 spiro atoms. The van der Waals surface area contributed by atoms with Gasteiger partial charge in [0, 0.05) is 12.1 Å². The first-order chi connectivity index (χ1) is 20.5. The van der Waals surface area contributed by atoms with Crippen LogP contribution in [0, 0.1) is 0 Å². The molecule has 2 saturated heterocycles. The van der Waals surface area contributed by atoms with Gasteiger partial charge in [0.15, 0.2) is 12.1 Å². The lowest BCUT2D eigenvalue weighted by Crippen LogP contribution is -2.61. The first-order valence-corrected chi connectivity index (χ1v) is 13.8. The van der Waals surface area contributed by atoms with Gasteiger partial charge in [0.1, 0.15) is 77.4 Å². The quantitative estimate of drug-likeness (QED) is 0.223. The minimum atomic E-state index is -1.72. The van der Waals surface area contributed by atoms with Crippen LogP contribution in [0.3, 0.4) is 0 Å². The number of aliphatic hydroxyl groups excluding tert-OH is 6. The normalized spacial score (nSPS) is 35.9. The van der Waals surface area contributed by atoms with E-state index in [-0.39, 0.29) is 35.0 Å². The maximum Gasteiger partial charge on any atom is 0.229 e. The van der Waals surface area contributed by atoms with E-state index in [0.29, 0.717) is 5.75 Å². The summed E-state index contributed by atoms with van der Waals surface area (Å²) in [5.74, 6) is 0.849. The predicted molar refractivity (Wildman–Crippen MR) is 144 cm³/mol. The second-order valence-electron chi connectivity index (χ2n) is 10.7. The lowest BCUT2D eigenvalue weighted by molar-refractivity contribution is -0.318. The Hall–Kier alpha value is -3.05. The topological polar surface area (TPSA) is 203 Å². The molecule has 3 aliphatic heterocycles. The fourth-order valence-corrected chi connectivity index (χ4v) is 5.26. The molecule has 14 heteroatoms. The number of hydrogen-bond donors (Lipinski definition) is 6. The van der Waals surface area contributed by atoms with Crippen LogP contribution in [0.15, 0.2) is 36.4 Å². The minimum Gasteiger partial charge on any atom is -0.497 e. The van der Waals surface area contributed by atoms with Gasteiger partial charge in [-0.15, -0.1) is 0 Å². The summed E-state index contributed by atoms with van der Waals surface area (Å²) in [6.07, 6.45) is -15.0. The number of carbonyl (C=O) groups is 1. The maximum absolute atomic E-state index is 13.1. The Kier molecular flexibility index (Phi) is 9.41. The minimum absolute atomic E-state index is 0.0697. The summed E-state index contributed by atoms with van der Waals surface area (Å²) in [6, 6.07) is 9.95. The number of fused-ring (bicyclic) bond motifs is 1. The van der Waals surface area contributed by atoms with Crippen LogP contribution in [0.4, 0.5) is 0 Å². The van der Waals surface area contributed by atoms with E-state index < -0.39 is 74.1 Å². The standard InChI is InChI=1S/C29H36O14/c1-12-22(31)24(33)26(35)28(40-12)39-11-20-23(32)25(34)27(36)29(43-20)41-15-8-18(38-3)21-16(30)10-17(42-19(21)9-15)13-4-6-14(37-2)7-5-13/h4-9,12,17,20,22-29,31-36H,10-11H2,1-3H3/t12-,17-,20+,22-,23+,24+,25-,26+,27+,28+,29+/m0/s1. The van der Waals surface area contributed by atoms with Gasteiger partial charge >= 0.3 is 0 Å². The lowest BCUT2D eigenvalue weighted by atomic mass is 9.95. The molecular formula is C29H36O14. The Bertz CT molecular complexity index is 1270. The summed E-state index contributed by atoms with van der Waals surface area (Å²) in [5.41, 5.74) is 0.971. The second kappa shape index (κ2) is 12.9. The summed E-state index contributed by atoms with van der Waals surface area (Å²) in [6.45, 7) is 1.03. The van der Waals surface area contributed by atoms with Gasteiger partial charge in [0.25, 0.3) is 0 Å². The third kappa shape index (κ3) is 6.29. The van der Waals surface area contributed by atoms with E-state index in [2.05, 4.69) is 0 Å². The van der Waals surface area contributed by atoms with E-state index in [1.165, 1.54) is 26.2 Å². The lowest BCUT2D eigenvalue weighted by Gasteiger charge is -2.42. The molecule has 11 atom stereocenters. The molecule has 0 radical (unpaired) electrons. The van der Waals surface area contributed by atoms with Gasteiger partial charge in [0.05, 0.1) is 33.4 Å². The van der Waals surface area contributed by atoms with Crippen molar-refractivity contribution in [2.24, 2.45) is 0 Å². The first-order valence-electron chi connectivity index (χ1n) is 13.8. The number of hydrogen-bond acceptors (Lipinski definition) is 14. The number of ketones is 1. The zero-order valence-electron chi connectivity index (χ0n) is 23.7. The smallest absolute Gasteiger partial charge is 0.229 e. The van der Waals surface area contributed by atoms with Crippen molar-refractivity contribution in [1.82, 2.24) is 0 Å². The highest BCUT2D eigenvalue weighted by Crippen LogP contribution is 2.43. The zero-order valence-corrected chi connectivity index (χ0v) is 23.7. The molecule has 0 saturated carbocycles. The summed E-state index contributed by atoms with van der Waals surface area (Å²) >= 11 is 0. The molecule has 236 valence electrons. The molecule has 0 unspecified atom stereocenters. The average Bonchev–Trinajstić information content (AvgIpc) is 3.01. The monoisotopic (exact) mass is 608 g/mol. The third-order valence-electron chi connectivity index (χ3n) is 7.82. The number of benzene rings is 2. The van der Waals surface area contributed by atoms with Crippen molar-refractivity contribution in [2.75, 3.05) is 20.8 Å². The molecule has 2 fully saturated rings. The summed E-state index contributed by atoms with van der Waals surface area (Å²) in [5, 5.41) is 61.8. The number of ether oxygens (including phenoxy) is 7. The molecule has 2 aromatic rings. The van der Waals surface area contributed by atoms with Gasteiger partial charge in [0.2, 0.25) is 6.29 Å². The summed E-state index contributed by atoms with van der Waals surface area (Å²) < 4.78 is 39.2. The molecule has 3 aliphatic rings. The van der Waals surface area contributed by atoms with Crippen LogP contribution >= 0.6 is 0 Å². The Balaban J connectivity index is 1.32. The molecule has 0 aliphatic carbocycles. The molecule has 14 nitrogen and oxygen atoms in total. The van der Waals surface area contributed by atoms with E-state index in [1.807, 2.05) is 0 Å². The highest BCUT2D eigenvalue weighted by Gasteiger charge is 2.47. The second-order valence-corrected chi connectivity index (χ2v) is 10.7. The van der Waals surface area contributed by atoms with E-state index in [0.717, 1.165) is 5.56 Å². The van der Waals surface area contributed by atoms with Crippen LogP contribution in [0.2, 0.25) is 0 Å². The highest BCUT2D eigenvalue weighted by atomic mass is 16.7. The molecular weight excluding hydrogens is 572 g/mol. The molecule has 43 heavy (non-hydrogen) atoms. The number of aliphatic hydroxyl groups is 6. The Morgan fingerprint density at radius 3 is 2.14 bits per heavy atom. The van der Waals surface area contributed by atoms with Crippen molar-refractivity contribution in [2.45, 2.75) is 80.9 Å². The fourth-order valence-electron chi connectivity index (χ4n) is 5.26. The molecule has 0 amide bonds. The Morgan fingerprint density at radius 2 is 1.47 bits per heavy atom. The van der Waals surface area contributed by atoms with Gasteiger partial charge in [-0.05, 0) is 24.6 Å². The molecule has 6 N–H and O–H groups in total. The number of methoxy groups -OCH3 is 2. The molecule has 3 heterocycles. The Morgan fingerprint density at radius 1 is 0.791 bits per heavy atom. The van der Waals surface area contributed by atoms with Crippen molar-refractivity contribution in [3.63, 3.8) is 0 Å². The zero-order chi connectivity index (χ0) is 31.0. The predicted octanol–water partition coefficient (Wildman–Crippen LogP) is -0.559. The average molecular weight is 609 g/mol. The molecule has 0 bridgehead atoms. The highest BCUT2D eigenvalue weighted by molar-refractivity contribution is 6.02. The number of carbonyl (C=O) groups excluding carboxylic acids is 1. The third-order valence-corrected chi connectivity index (χ3v) is 7.82. The molecule has 0 aromatic heterocycles. The van der Waals surface area contributed by atoms with E-state index in [1.54, 1.807) is 31.4 Å². The van der Waals surface area contributed by atoms with Crippen molar-refractivity contribution in [3.05, 3.63) is 47.5 Å². The molecule has 5 rings (SSSR count). The van der Waals surface area contributed by atoms with Crippen molar-refractivity contribution < 1.29 is 68.6 Å². The SMILES string of the molecule is COc1ccc([C@@H]2CC(=O)c3c(OC)cc(O[C@@H]4O[C@H](CO[C@@H]5O[C@@H](C)[C@H](O)[C@@H](O)[C@H]5O)[C@@H](O)[C@H](O)[C@H]4O)cc3O2)cc1. The van der Waals surface area contributed by atoms with Crippen LogP contribution in [0.1, 0.15) is 35.4 Å². The van der Waals surface area contributed by atoms with Crippen LogP contribution < -0.4 is 18.9 Å². The van der Waals surface area contributed by atoms with Gasteiger partial charge in [-0.1, -0.05) is 12.1 Å². The summed E-state index contributed by atoms with van der Waals surface area (Å²) in [4.78, 5) is 13.1. The van der Waals surface area contributed by atoms with Crippen LogP contribution in [0.5, 0.6) is 23.0 Å². The van der Waals surface area contributed by atoms with Gasteiger partial charge in [-0.25, -0.2) is 0 Å². The molecule has 2 aromatic carbocycles. The maximum atomic E-state index is 13.1. The number of rotatable bonds is 8. The van der Waals surface area contributed by atoms with Crippen LogP contribution in [-0.2, 0) is 14.2 Å². The van der Waals surface area contributed by atoms with E-state index in [4.69, 9.17) is 33.2 Å². The van der Waals surface area contributed by atoms with Gasteiger partial charge in [-0.3, -0.25) is 4.79 Å². The van der Waals surface area contributed by atoms with E-state index in [9.17, 15) is 35.4 Å². The van der Waals surface area contributed by atoms with E-state index >= 15 is 0 Å². The van der Waals surface area contributed by atoms with Crippen LogP contribution in [-0.4, -0.2) is 119 Å². The van der Waals surface area contributed by atoms with Crippen molar-refractivity contribution >= 4 is 5.78 Å².